The molecule has 1 atom stereocenters. The Balaban J connectivity index is 2.56. The third-order valence-electron chi connectivity index (χ3n) is 2.18. The van der Waals surface area contributed by atoms with E-state index in [1.807, 2.05) is 0 Å². The molecule has 0 amide bonds. The van der Waals surface area contributed by atoms with Crippen LogP contribution >= 0.6 is 0 Å². The predicted molar refractivity (Wildman–Crippen MR) is 59.5 cm³/mol. The van der Waals surface area contributed by atoms with Crippen LogP contribution < -0.4 is 0 Å². The van der Waals surface area contributed by atoms with Crippen molar-refractivity contribution in [3.05, 3.63) is 29.8 Å². The topological polar surface area (TPSA) is 66.8 Å². The van der Waals surface area contributed by atoms with Crippen molar-refractivity contribution in [1.82, 2.24) is 0 Å². The van der Waals surface area contributed by atoms with Crippen molar-refractivity contribution in [3.8, 4) is 5.75 Å². The van der Waals surface area contributed by atoms with Crippen molar-refractivity contribution in [3.63, 3.8) is 0 Å². The summed E-state index contributed by atoms with van der Waals surface area (Å²) in [6, 6.07) is 6.24. The van der Waals surface area contributed by atoms with Crippen LogP contribution in [0.1, 0.15) is 17.3 Å². The number of phenols is 1. The highest BCUT2D eigenvalue weighted by atomic mass is 16.5. The molecule has 1 unspecified atom stereocenters. The number of rotatable bonds is 6. The van der Waals surface area contributed by atoms with Gasteiger partial charge in [0.2, 0.25) is 0 Å². The zero-order valence-electron chi connectivity index (χ0n) is 9.22. The lowest BCUT2D eigenvalue weighted by molar-refractivity contribution is 0.0601. The molecule has 1 aromatic rings. The molecule has 1 rings (SSSR count). The summed E-state index contributed by atoms with van der Waals surface area (Å²) in [5.41, 5.74) is 0.472. The number of carbonyl (C=O) groups excluding carboxylic acids is 1. The molecule has 4 nitrogen and oxygen atoms in total. The van der Waals surface area contributed by atoms with Gasteiger partial charge in [-0.2, -0.15) is 0 Å². The molecular weight excluding hydrogens is 208 g/mol. The Morgan fingerprint density at radius 2 is 2.25 bits per heavy atom. The molecule has 0 aromatic heterocycles. The molecular formula is C12H16O4. The minimum Gasteiger partial charge on any atom is -0.508 e. The molecule has 0 spiro atoms. The number of ketones is 1. The highest BCUT2D eigenvalue weighted by Gasteiger charge is 2.15. The van der Waals surface area contributed by atoms with Crippen LogP contribution in [0.2, 0.25) is 0 Å². The van der Waals surface area contributed by atoms with Crippen LogP contribution in [0, 0.1) is 5.92 Å². The number of hydrogen-bond acceptors (Lipinski definition) is 4. The number of aromatic hydroxyl groups is 1. The van der Waals surface area contributed by atoms with Crippen molar-refractivity contribution >= 4 is 5.78 Å². The van der Waals surface area contributed by atoms with Crippen LogP contribution in [-0.4, -0.2) is 35.8 Å². The summed E-state index contributed by atoms with van der Waals surface area (Å²) >= 11 is 0. The van der Waals surface area contributed by atoms with E-state index >= 15 is 0 Å². The Morgan fingerprint density at radius 1 is 1.50 bits per heavy atom. The zero-order chi connectivity index (χ0) is 12.0. The Morgan fingerprint density at radius 3 is 2.88 bits per heavy atom. The van der Waals surface area contributed by atoms with Gasteiger partial charge in [-0.15, -0.1) is 0 Å². The summed E-state index contributed by atoms with van der Waals surface area (Å²) < 4.78 is 5.08. The summed E-state index contributed by atoms with van der Waals surface area (Å²) in [5, 5.41) is 17.8. The molecule has 0 aliphatic heterocycles. The van der Waals surface area contributed by atoms with Gasteiger partial charge in [-0.1, -0.05) is 19.1 Å². The van der Waals surface area contributed by atoms with Gasteiger partial charge in [0.25, 0.3) is 0 Å². The molecule has 0 aliphatic carbocycles. The molecule has 1 aromatic carbocycles. The quantitative estimate of drug-likeness (QED) is 0.563. The number of hydrogen-bond donors (Lipinski definition) is 2. The second-order valence-corrected chi connectivity index (χ2v) is 3.61. The average molecular weight is 224 g/mol. The monoisotopic (exact) mass is 224 g/mol. The lowest BCUT2D eigenvalue weighted by Crippen LogP contribution is -2.18. The van der Waals surface area contributed by atoms with E-state index < -0.39 is 0 Å². The van der Waals surface area contributed by atoms with Gasteiger partial charge in [-0.05, 0) is 12.1 Å². The minimum atomic E-state index is -0.284. The fourth-order valence-electron chi connectivity index (χ4n) is 1.34. The van der Waals surface area contributed by atoms with E-state index in [1.165, 1.54) is 12.1 Å². The van der Waals surface area contributed by atoms with E-state index in [4.69, 9.17) is 9.84 Å². The third-order valence-corrected chi connectivity index (χ3v) is 2.18. The SMILES string of the molecule is CC(COCCO)C(=O)c1cccc(O)c1. The zero-order valence-corrected chi connectivity index (χ0v) is 9.22. The van der Waals surface area contributed by atoms with Crippen molar-refractivity contribution < 1.29 is 19.7 Å². The first-order valence-corrected chi connectivity index (χ1v) is 5.17. The fourth-order valence-corrected chi connectivity index (χ4v) is 1.34. The number of benzene rings is 1. The average Bonchev–Trinajstić information content (AvgIpc) is 2.28. The first kappa shape index (κ1) is 12.7. The van der Waals surface area contributed by atoms with Crippen molar-refractivity contribution in [2.75, 3.05) is 19.8 Å². The number of Topliss-reactive ketones (excluding diaryl/α,β-unsaturated/α-hetero) is 1. The van der Waals surface area contributed by atoms with Crippen LogP contribution in [-0.2, 0) is 4.74 Å². The minimum absolute atomic E-state index is 0.0486. The normalized spacial score (nSPS) is 12.4. The number of ether oxygens (including phenoxy) is 1. The Hall–Kier alpha value is -1.39. The van der Waals surface area contributed by atoms with E-state index in [9.17, 15) is 9.90 Å². The molecule has 88 valence electrons. The molecule has 0 saturated carbocycles. The van der Waals surface area contributed by atoms with E-state index in [1.54, 1.807) is 19.1 Å². The highest BCUT2D eigenvalue weighted by Crippen LogP contribution is 2.15. The van der Waals surface area contributed by atoms with Crippen LogP contribution in [0.15, 0.2) is 24.3 Å². The van der Waals surface area contributed by atoms with Gasteiger partial charge in [0.15, 0.2) is 5.78 Å². The van der Waals surface area contributed by atoms with Crippen molar-refractivity contribution in [1.29, 1.82) is 0 Å². The largest absolute Gasteiger partial charge is 0.508 e. The van der Waals surface area contributed by atoms with Crippen LogP contribution in [0.3, 0.4) is 0 Å². The summed E-state index contributed by atoms with van der Waals surface area (Å²) in [6.07, 6.45) is 0. The molecule has 0 radical (unpaired) electrons. The number of carbonyl (C=O) groups is 1. The van der Waals surface area contributed by atoms with E-state index in [0.717, 1.165) is 0 Å². The smallest absolute Gasteiger partial charge is 0.168 e. The lowest BCUT2D eigenvalue weighted by Gasteiger charge is -2.10. The lowest BCUT2D eigenvalue weighted by atomic mass is 10.00. The first-order valence-electron chi connectivity index (χ1n) is 5.17. The molecule has 0 bridgehead atoms. The molecule has 4 heteroatoms. The Labute approximate surface area is 94.5 Å². The van der Waals surface area contributed by atoms with Gasteiger partial charge in [0.05, 0.1) is 19.8 Å². The maximum atomic E-state index is 11.8. The number of aliphatic hydroxyl groups excluding tert-OH is 1. The molecule has 0 aliphatic rings. The summed E-state index contributed by atoms with van der Waals surface area (Å²) in [5.74, 6) is -0.281. The summed E-state index contributed by atoms with van der Waals surface area (Å²) in [4.78, 5) is 11.8. The van der Waals surface area contributed by atoms with E-state index in [2.05, 4.69) is 0 Å². The fraction of sp³-hybridized carbons (Fsp3) is 0.417. The molecule has 2 N–H and O–H groups in total. The number of aliphatic hydroxyl groups is 1. The predicted octanol–water partition coefficient (Wildman–Crippen LogP) is 1.22. The third kappa shape index (κ3) is 3.64. The van der Waals surface area contributed by atoms with E-state index in [-0.39, 0.29) is 37.3 Å². The van der Waals surface area contributed by atoms with Gasteiger partial charge in [-0.3, -0.25) is 4.79 Å². The highest BCUT2D eigenvalue weighted by molar-refractivity contribution is 5.98. The first-order chi connectivity index (χ1) is 7.65. The van der Waals surface area contributed by atoms with Crippen LogP contribution in [0.5, 0.6) is 5.75 Å². The molecule has 16 heavy (non-hydrogen) atoms. The Kier molecular flexibility index (Phi) is 4.95. The van der Waals surface area contributed by atoms with Crippen LogP contribution in [0.25, 0.3) is 0 Å². The van der Waals surface area contributed by atoms with Crippen molar-refractivity contribution in [2.45, 2.75) is 6.92 Å². The second-order valence-electron chi connectivity index (χ2n) is 3.61. The van der Waals surface area contributed by atoms with Gasteiger partial charge < -0.3 is 14.9 Å². The maximum absolute atomic E-state index is 11.8. The summed E-state index contributed by atoms with van der Waals surface area (Å²) in [6.45, 7) is 2.21. The van der Waals surface area contributed by atoms with Crippen molar-refractivity contribution in [2.24, 2.45) is 5.92 Å². The molecule has 0 saturated heterocycles. The number of phenolic OH excluding ortho intramolecular Hbond substituents is 1. The van der Waals surface area contributed by atoms with E-state index in [0.29, 0.717) is 5.56 Å². The van der Waals surface area contributed by atoms with Gasteiger partial charge >= 0.3 is 0 Å². The van der Waals surface area contributed by atoms with Gasteiger partial charge in [-0.25, -0.2) is 0 Å². The van der Waals surface area contributed by atoms with Crippen LogP contribution in [0.4, 0.5) is 0 Å². The van der Waals surface area contributed by atoms with Gasteiger partial charge in [0.1, 0.15) is 5.75 Å². The van der Waals surface area contributed by atoms with Gasteiger partial charge in [0, 0.05) is 11.5 Å². The Bertz CT molecular complexity index is 349. The molecule has 0 heterocycles. The molecule has 0 fully saturated rings. The summed E-state index contributed by atoms with van der Waals surface area (Å²) in [7, 11) is 0. The standard InChI is InChI=1S/C12H16O4/c1-9(8-16-6-5-13)12(15)10-3-2-4-11(14)7-10/h2-4,7,9,13-14H,5-6,8H2,1H3. The second kappa shape index (κ2) is 6.25. The maximum Gasteiger partial charge on any atom is 0.168 e.